The van der Waals surface area contributed by atoms with Crippen molar-refractivity contribution in [2.75, 3.05) is 21.4 Å². The highest BCUT2D eigenvalue weighted by Gasteiger charge is 2.33. The van der Waals surface area contributed by atoms with Crippen LogP contribution in [-0.2, 0) is 5.41 Å². The van der Waals surface area contributed by atoms with Gasteiger partial charge in [-0.1, -0.05) is 94.3 Å². The van der Waals surface area contributed by atoms with E-state index in [9.17, 15) is 0 Å². The Kier molecular flexibility index (Phi) is 7.38. The number of anilines is 6. The minimum Gasteiger partial charge on any atom is -0.457 e. The molecule has 248 valence electrons. The highest BCUT2D eigenvalue weighted by atomic mass is 16.5. The smallest absolute Gasteiger partial charge is 0.137 e. The van der Waals surface area contributed by atoms with Crippen molar-refractivity contribution >= 4 is 34.3 Å². The second-order valence-electron chi connectivity index (χ2n) is 14.8. The lowest BCUT2D eigenvalue weighted by Gasteiger charge is -2.28. The zero-order valence-corrected chi connectivity index (χ0v) is 29.0. The van der Waals surface area contributed by atoms with Gasteiger partial charge in [0.25, 0.3) is 0 Å². The molecule has 1 aromatic heterocycles. The molecule has 0 atom stereocenters. The van der Waals surface area contributed by atoms with Crippen molar-refractivity contribution in [1.82, 2.24) is 4.98 Å². The Hall–Kier alpha value is -5.55. The molecule has 0 spiro atoms. The molecule has 1 aliphatic carbocycles. The number of benzene rings is 5. The molecule has 5 heteroatoms. The third-order valence-corrected chi connectivity index (χ3v) is 10.6. The first-order chi connectivity index (χ1) is 24.4. The van der Waals surface area contributed by atoms with Crippen molar-refractivity contribution in [3.05, 3.63) is 139 Å². The Labute approximate surface area is 295 Å². The van der Waals surface area contributed by atoms with E-state index in [-0.39, 0.29) is 5.41 Å². The highest BCUT2D eigenvalue weighted by molar-refractivity contribution is 6.02. The van der Waals surface area contributed by atoms with Crippen LogP contribution in [0.25, 0.3) is 22.3 Å². The van der Waals surface area contributed by atoms with Crippen LogP contribution in [0.2, 0.25) is 0 Å². The fourth-order valence-electron chi connectivity index (χ4n) is 8.06. The van der Waals surface area contributed by atoms with E-state index >= 15 is 0 Å². The van der Waals surface area contributed by atoms with Gasteiger partial charge in [0.05, 0.1) is 29.4 Å². The van der Waals surface area contributed by atoms with Gasteiger partial charge in [0, 0.05) is 41.2 Å². The summed E-state index contributed by atoms with van der Waals surface area (Å²) in [7, 11) is 0. The molecule has 0 amide bonds. The lowest BCUT2D eigenvalue weighted by atomic mass is 9.87. The van der Waals surface area contributed by atoms with Crippen molar-refractivity contribution < 1.29 is 4.74 Å². The van der Waals surface area contributed by atoms with E-state index in [4.69, 9.17) is 9.72 Å². The average molecular weight is 655 g/mol. The summed E-state index contributed by atoms with van der Waals surface area (Å²) in [5.74, 6) is 2.48. The Morgan fingerprint density at radius 1 is 0.600 bits per heavy atom. The molecule has 3 aliphatic rings. The molecule has 9 rings (SSSR count). The zero-order valence-electron chi connectivity index (χ0n) is 29.0. The maximum Gasteiger partial charge on any atom is 0.137 e. The van der Waals surface area contributed by atoms with Crippen molar-refractivity contribution in [3.8, 4) is 33.8 Å². The van der Waals surface area contributed by atoms with Gasteiger partial charge in [0.2, 0.25) is 0 Å². The SMILES string of the molecule is CC(C)(C)c1ccnc(N2c3ccccc3-c3ccccc3-c3ccc(Oc4cccc(N5CN(C6CCCC6)c6ccccc65)c4)cc32)c1. The first-order valence-electron chi connectivity index (χ1n) is 17.9. The minimum absolute atomic E-state index is 0.0190. The Morgan fingerprint density at radius 3 is 2.02 bits per heavy atom. The molecule has 6 aromatic rings. The van der Waals surface area contributed by atoms with Gasteiger partial charge in [0.15, 0.2) is 0 Å². The molecule has 1 saturated carbocycles. The number of fused-ring (bicyclic) bond motifs is 6. The van der Waals surface area contributed by atoms with Crippen molar-refractivity contribution in [1.29, 1.82) is 0 Å². The quantitative estimate of drug-likeness (QED) is 0.184. The third kappa shape index (κ3) is 5.29. The molecule has 5 nitrogen and oxygen atoms in total. The molecule has 0 N–H and O–H groups in total. The average Bonchev–Trinajstić information content (AvgIpc) is 3.79. The van der Waals surface area contributed by atoms with Gasteiger partial charge in [-0.3, -0.25) is 4.90 Å². The third-order valence-electron chi connectivity index (χ3n) is 10.6. The van der Waals surface area contributed by atoms with Crippen LogP contribution in [0.1, 0.15) is 52.0 Å². The summed E-state index contributed by atoms with van der Waals surface area (Å²) in [6.07, 6.45) is 7.12. The second kappa shape index (κ2) is 12.1. The monoisotopic (exact) mass is 654 g/mol. The van der Waals surface area contributed by atoms with Crippen LogP contribution in [0.3, 0.4) is 0 Å². The fourth-order valence-corrected chi connectivity index (χ4v) is 8.06. The maximum absolute atomic E-state index is 6.75. The predicted molar refractivity (Wildman–Crippen MR) is 207 cm³/mol. The minimum atomic E-state index is -0.0190. The van der Waals surface area contributed by atoms with Crippen molar-refractivity contribution in [2.45, 2.75) is 57.9 Å². The molecule has 0 unspecified atom stereocenters. The number of aromatic nitrogens is 1. The summed E-state index contributed by atoms with van der Waals surface area (Å²) < 4.78 is 6.75. The van der Waals surface area contributed by atoms with Gasteiger partial charge >= 0.3 is 0 Å². The normalized spacial score (nSPS) is 15.3. The van der Waals surface area contributed by atoms with Crippen LogP contribution in [-0.4, -0.2) is 17.7 Å². The largest absolute Gasteiger partial charge is 0.457 e. The summed E-state index contributed by atoms with van der Waals surface area (Å²) in [5.41, 5.74) is 11.8. The standard InChI is InChI=1S/C45H42N4O/c1-45(2,3)31-25-26-46-44(27-31)49-40-20-9-8-19-38(40)36-17-6-7-18-37(36)39-24-23-35(29-43(39)49)50-34-16-12-15-33(28-34)48-30-47(32-13-4-5-14-32)41-21-10-11-22-42(41)48/h6-12,15-29,32H,4-5,13-14,30H2,1-3H3. The topological polar surface area (TPSA) is 31.8 Å². The maximum atomic E-state index is 6.75. The van der Waals surface area contributed by atoms with Crippen LogP contribution < -0.4 is 19.4 Å². The molecule has 5 aromatic carbocycles. The molecule has 2 aliphatic heterocycles. The van der Waals surface area contributed by atoms with Crippen LogP contribution in [0.15, 0.2) is 134 Å². The summed E-state index contributed by atoms with van der Waals surface area (Å²) >= 11 is 0. The van der Waals surface area contributed by atoms with Crippen molar-refractivity contribution in [3.63, 3.8) is 0 Å². The van der Waals surface area contributed by atoms with E-state index in [0.29, 0.717) is 6.04 Å². The van der Waals surface area contributed by atoms with E-state index in [2.05, 4.69) is 163 Å². The second-order valence-corrected chi connectivity index (χ2v) is 14.8. The van der Waals surface area contributed by atoms with E-state index < -0.39 is 0 Å². The Morgan fingerprint density at radius 2 is 1.26 bits per heavy atom. The molecule has 50 heavy (non-hydrogen) atoms. The Balaban J connectivity index is 1.12. The van der Waals surface area contributed by atoms with Crippen molar-refractivity contribution in [2.24, 2.45) is 0 Å². The van der Waals surface area contributed by atoms with Crippen LogP contribution in [0, 0.1) is 0 Å². The fraction of sp³-hybridized carbons (Fsp3) is 0.222. The molecule has 0 saturated heterocycles. The Bertz CT molecular complexity index is 2210. The summed E-state index contributed by atoms with van der Waals surface area (Å²) in [4.78, 5) is 12.3. The van der Waals surface area contributed by atoms with Gasteiger partial charge in [-0.05, 0) is 89.5 Å². The van der Waals surface area contributed by atoms with E-state index in [1.54, 1.807) is 0 Å². The number of pyridine rings is 1. The van der Waals surface area contributed by atoms with Gasteiger partial charge in [-0.2, -0.15) is 0 Å². The summed E-state index contributed by atoms with van der Waals surface area (Å²) in [5, 5.41) is 0. The summed E-state index contributed by atoms with van der Waals surface area (Å²) in [6, 6.07) is 46.2. The molecule has 0 radical (unpaired) electrons. The zero-order chi connectivity index (χ0) is 33.8. The lowest BCUT2D eigenvalue weighted by Crippen LogP contribution is -2.35. The van der Waals surface area contributed by atoms with Crippen LogP contribution in [0.4, 0.5) is 34.3 Å². The van der Waals surface area contributed by atoms with Gasteiger partial charge in [-0.25, -0.2) is 4.98 Å². The first kappa shape index (κ1) is 30.5. The van der Waals surface area contributed by atoms with E-state index in [1.807, 2.05) is 6.20 Å². The van der Waals surface area contributed by atoms with E-state index in [1.165, 1.54) is 59.3 Å². The number of para-hydroxylation sites is 3. The lowest BCUT2D eigenvalue weighted by molar-refractivity contribution is 0.483. The predicted octanol–water partition coefficient (Wildman–Crippen LogP) is 12.1. The first-order valence-corrected chi connectivity index (χ1v) is 17.9. The number of hydrogen-bond donors (Lipinski definition) is 0. The molecule has 3 heterocycles. The van der Waals surface area contributed by atoms with Crippen LogP contribution in [0.5, 0.6) is 11.5 Å². The molecular weight excluding hydrogens is 613 g/mol. The van der Waals surface area contributed by atoms with E-state index in [0.717, 1.165) is 46.6 Å². The molecule has 0 bridgehead atoms. The highest BCUT2D eigenvalue weighted by Crippen LogP contribution is 2.52. The number of ether oxygens (including phenoxy) is 1. The van der Waals surface area contributed by atoms with Gasteiger partial charge in [-0.15, -0.1) is 0 Å². The number of rotatable bonds is 5. The number of hydrogen-bond acceptors (Lipinski definition) is 5. The molecular formula is C45H42N4O. The van der Waals surface area contributed by atoms with Gasteiger partial charge in [0.1, 0.15) is 17.3 Å². The molecule has 1 fully saturated rings. The number of nitrogens with zero attached hydrogens (tertiary/aromatic N) is 4. The van der Waals surface area contributed by atoms with Crippen LogP contribution >= 0.6 is 0 Å². The summed E-state index contributed by atoms with van der Waals surface area (Å²) in [6.45, 7) is 7.61. The van der Waals surface area contributed by atoms with Gasteiger partial charge < -0.3 is 14.5 Å².